The van der Waals surface area contributed by atoms with Gasteiger partial charge in [-0.15, -0.1) is 10.2 Å². The minimum absolute atomic E-state index is 0.0293. The number of nitriles is 1. The molecule has 2 saturated heterocycles. The van der Waals surface area contributed by atoms with Crippen molar-refractivity contribution in [1.82, 2.24) is 40.2 Å². The maximum absolute atomic E-state index is 13.1. The van der Waals surface area contributed by atoms with Crippen LogP contribution < -0.4 is 15.0 Å². The number of piperidine rings is 1. The molecule has 4 aliphatic rings. The van der Waals surface area contributed by atoms with Gasteiger partial charge >= 0.3 is 0 Å². The van der Waals surface area contributed by atoms with Gasteiger partial charge in [0.2, 0.25) is 5.91 Å². The van der Waals surface area contributed by atoms with E-state index >= 15 is 0 Å². The van der Waals surface area contributed by atoms with E-state index in [1.807, 2.05) is 23.4 Å². The SMILES string of the molecule is CC(=O)N1CCc2c(c(-c3cccc4cc(-c5ccc(CCC6CCN(c7ccc(C(=O)NC8CCC(Oc9ccc(C#N)c(Cl)c9)CC8)nn7)CC6)nc5)ncc34)nn2C2CCOCC2)C1. The topological polar surface area (TPSA) is 164 Å². The second-order valence-corrected chi connectivity index (χ2v) is 18.9. The lowest BCUT2D eigenvalue weighted by molar-refractivity contribution is -0.129. The molecule has 2 amide bonds. The van der Waals surface area contributed by atoms with Crippen molar-refractivity contribution in [2.75, 3.05) is 37.7 Å². The Morgan fingerprint density at radius 1 is 0.910 bits per heavy atom. The van der Waals surface area contributed by atoms with Gasteiger partial charge in [-0.1, -0.05) is 29.8 Å². The van der Waals surface area contributed by atoms with E-state index in [1.165, 1.54) is 5.69 Å². The third-order valence-electron chi connectivity index (χ3n) is 14.2. The standard InChI is InChI=1S/C52H55ClN10O4/c1-33(64)62-24-19-49-45(32-62)51(60-63(49)40-20-25-66-26-21-40)43-4-2-3-35-27-48(56-31-44(35)43)37-6-9-38(55-30-37)8-5-34-17-22-61(23-18-34)50-16-15-47(58-59-50)52(65)57-39-10-13-41(14-11-39)67-42-12-7-36(29-54)46(53)28-42/h2-4,6-7,9,12,15-16,27-28,30-31,34,39-41H,5,8,10-11,13-14,17-26,32H2,1H3,(H,57,65). The van der Waals surface area contributed by atoms with Gasteiger partial charge in [0.1, 0.15) is 11.8 Å². The normalized spacial score (nSPS) is 19.2. The van der Waals surface area contributed by atoms with Crippen LogP contribution in [0.5, 0.6) is 5.75 Å². The number of pyridine rings is 2. The first-order chi connectivity index (χ1) is 32.8. The Hall–Kier alpha value is -6.43. The maximum atomic E-state index is 13.1. The lowest BCUT2D eigenvalue weighted by Gasteiger charge is -2.32. The molecule has 0 bridgehead atoms. The third kappa shape index (κ3) is 9.85. The quantitative estimate of drug-likeness (QED) is 0.132. The van der Waals surface area contributed by atoms with Crippen molar-refractivity contribution in [2.24, 2.45) is 5.92 Å². The van der Waals surface area contributed by atoms with Gasteiger partial charge in [0, 0.05) is 111 Å². The largest absolute Gasteiger partial charge is 0.490 e. The van der Waals surface area contributed by atoms with Crippen LogP contribution in [-0.4, -0.2) is 91.7 Å². The van der Waals surface area contributed by atoms with Gasteiger partial charge in [-0.3, -0.25) is 24.2 Å². The van der Waals surface area contributed by atoms with Crippen molar-refractivity contribution < 1.29 is 19.1 Å². The number of anilines is 1. The van der Waals surface area contributed by atoms with Crippen LogP contribution in [0.3, 0.4) is 0 Å². The molecule has 6 aromatic rings. The molecule has 7 heterocycles. The molecule has 1 N–H and O–H groups in total. The van der Waals surface area contributed by atoms with E-state index in [4.69, 9.17) is 41.4 Å². The van der Waals surface area contributed by atoms with Crippen molar-refractivity contribution in [3.8, 4) is 34.3 Å². The zero-order valence-electron chi connectivity index (χ0n) is 37.9. The summed E-state index contributed by atoms with van der Waals surface area (Å²) < 4.78 is 14.0. The number of benzene rings is 2. The summed E-state index contributed by atoms with van der Waals surface area (Å²) >= 11 is 6.17. The lowest BCUT2D eigenvalue weighted by Crippen LogP contribution is -2.40. The fourth-order valence-corrected chi connectivity index (χ4v) is 10.5. The first kappa shape index (κ1) is 44.4. The van der Waals surface area contributed by atoms with E-state index in [2.05, 4.69) is 67.6 Å². The highest BCUT2D eigenvalue weighted by atomic mass is 35.5. The minimum atomic E-state index is -0.210. The van der Waals surface area contributed by atoms with E-state index < -0.39 is 0 Å². The summed E-state index contributed by atoms with van der Waals surface area (Å²) in [6, 6.07) is 24.0. The number of hydrogen-bond donors (Lipinski definition) is 1. The van der Waals surface area contributed by atoms with Crippen molar-refractivity contribution in [3.05, 3.63) is 112 Å². The zero-order valence-corrected chi connectivity index (χ0v) is 38.6. The van der Waals surface area contributed by atoms with Crippen molar-refractivity contribution in [3.63, 3.8) is 0 Å². The Kier molecular flexibility index (Phi) is 13.1. The van der Waals surface area contributed by atoms with Crippen molar-refractivity contribution in [2.45, 2.75) is 102 Å². The predicted molar refractivity (Wildman–Crippen MR) is 256 cm³/mol. The lowest BCUT2D eigenvalue weighted by atomic mass is 9.91. The summed E-state index contributed by atoms with van der Waals surface area (Å²) in [7, 11) is 0. The average Bonchev–Trinajstić information content (AvgIpc) is 3.75. The van der Waals surface area contributed by atoms with Gasteiger partial charge in [0.25, 0.3) is 5.91 Å². The molecule has 15 heteroatoms. The van der Waals surface area contributed by atoms with Crippen LogP contribution in [0.4, 0.5) is 5.82 Å². The van der Waals surface area contributed by atoms with Crippen molar-refractivity contribution >= 4 is 40.0 Å². The second kappa shape index (κ2) is 19.8. The number of nitrogens with one attached hydrogen (secondary N) is 1. The van der Waals surface area contributed by atoms with Crippen LogP contribution >= 0.6 is 11.6 Å². The number of carbonyl (C=O) groups is 2. The summed E-state index contributed by atoms with van der Waals surface area (Å²) in [5, 5.41) is 28.8. The van der Waals surface area contributed by atoms with Crippen LogP contribution in [0.2, 0.25) is 5.02 Å². The number of aromatic nitrogens is 6. The molecule has 344 valence electrons. The zero-order chi connectivity index (χ0) is 45.9. The van der Waals surface area contributed by atoms with E-state index in [0.717, 1.165) is 147 Å². The van der Waals surface area contributed by atoms with Gasteiger partial charge < -0.3 is 24.6 Å². The fourth-order valence-electron chi connectivity index (χ4n) is 10.3. The molecule has 3 fully saturated rings. The van der Waals surface area contributed by atoms with Gasteiger partial charge in [0.15, 0.2) is 11.5 Å². The van der Waals surface area contributed by atoms with Gasteiger partial charge in [-0.05, 0) is 118 Å². The number of hydrogen-bond acceptors (Lipinski definition) is 11. The van der Waals surface area contributed by atoms with Gasteiger partial charge in [-0.25, -0.2) is 0 Å². The van der Waals surface area contributed by atoms with Gasteiger partial charge in [0.05, 0.1) is 34.1 Å². The number of nitrogens with zero attached hydrogens (tertiary/aromatic N) is 9. The van der Waals surface area contributed by atoms with Crippen LogP contribution in [0.15, 0.2) is 79.1 Å². The average molecular weight is 920 g/mol. The van der Waals surface area contributed by atoms with Crippen LogP contribution in [0, 0.1) is 17.2 Å². The number of carbonyl (C=O) groups excluding carboxylic acids is 2. The van der Waals surface area contributed by atoms with Crippen LogP contribution in [-0.2, 0) is 28.9 Å². The molecule has 2 aromatic carbocycles. The molecule has 4 aromatic heterocycles. The second-order valence-electron chi connectivity index (χ2n) is 18.5. The highest BCUT2D eigenvalue weighted by Gasteiger charge is 2.31. The third-order valence-corrected chi connectivity index (χ3v) is 14.5. The molecule has 0 atom stereocenters. The van der Waals surface area contributed by atoms with Crippen LogP contribution in [0.1, 0.15) is 104 Å². The molecular weight excluding hydrogens is 864 g/mol. The Balaban J connectivity index is 0.703. The smallest absolute Gasteiger partial charge is 0.272 e. The number of amides is 2. The Bertz CT molecular complexity index is 2790. The number of fused-ring (bicyclic) bond motifs is 2. The van der Waals surface area contributed by atoms with Crippen LogP contribution in [0.25, 0.3) is 33.3 Å². The molecule has 0 radical (unpaired) electrons. The first-order valence-corrected chi connectivity index (χ1v) is 24.2. The molecule has 0 unspecified atom stereocenters. The van der Waals surface area contributed by atoms with E-state index in [9.17, 15) is 9.59 Å². The highest BCUT2D eigenvalue weighted by Crippen LogP contribution is 2.38. The molecule has 67 heavy (non-hydrogen) atoms. The Labute approximate surface area is 395 Å². The van der Waals surface area contributed by atoms with Crippen molar-refractivity contribution in [1.29, 1.82) is 5.26 Å². The fraction of sp³-hybridized carbons (Fsp3) is 0.423. The maximum Gasteiger partial charge on any atom is 0.272 e. The summed E-state index contributed by atoms with van der Waals surface area (Å²) in [5.41, 5.74) is 8.05. The number of ether oxygens (including phenoxy) is 2. The molecule has 3 aliphatic heterocycles. The molecule has 10 rings (SSSR count). The molecular formula is C52H55ClN10O4. The molecule has 14 nitrogen and oxygen atoms in total. The van der Waals surface area contributed by atoms with E-state index in [-0.39, 0.29) is 24.0 Å². The number of halogens is 1. The number of aryl methyl sites for hydroxylation is 1. The Morgan fingerprint density at radius 2 is 1.75 bits per heavy atom. The highest BCUT2D eigenvalue weighted by molar-refractivity contribution is 6.31. The summed E-state index contributed by atoms with van der Waals surface area (Å²) in [6.45, 7) is 6.20. The Morgan fingerprint density at radius 3 is 2.48 bits per heavy atom. The van der Waals surface area contributed by atoms with Gasteiger partial charge in [-0.2, -0.15) is 10.4 Å². The monoisotopic (exact) mass is 918 g/mol. The molecule has 0 spiro atoms. The minimum Gasteiger partial charge on any atom is -0.490 e. The predicted octanol–water partition coefficient (Wildman–Crippen LogP) is 8.70. The summed E-state index contributed by atoms with van der Waals surface area (Å²) in [6.07, 6.45) is 13.9. The number of rotatable bonds is 11. The molecule has 1 saturated carbocycles. The van der Waals surface area contributed by atoms with E-state index in [0.29, 0.717) is 47.1 Å². The van der Waals surface area contributed by atoms with E-state index in [1.54, 1.807) is 31.2 Å². The summed E-state index contributed by atoms with van der Waals surface area (Å²) in [5.74, 6) is 1.92. The molecule has 1 aliphatic carbocycles. The summed E-state index contributed by atoms with van der Waals surface area (Å²) in [4.78, 5) is 39.6. The first-order valence-electron chi connectivity index (χ1n) is 23.8.